The highest BCUT2D eigenvalue weighted by molar-refractivity contribution is 7.92. The van der Waals surface area contributed by atoms with Gasteiger partial charge in [-0.2, -0.15) is 0 Å². The Kier molecular flexibility index (Phi) is 5.68. The van der Waals surface area contributed by atoms with E-state index in [4.69, 9.17) is 16.3 Å². The number of ether oxygens (including phenoxy) is 1. The Morgan fingerprint density at radius 2 is 1.84 bits per heavy atom. The first-order valence-electron chi connectivity index (χ1n) is 9.54. The molecule has 1 N–H and O–H groups in total. The zero-order valence-electron chi connectivity index (χ0n) is 17.5. The van der Waals surface area contributed by atoms with Crippen molar-refractivity contribution in [3.63, 3.8) is 0 Å². The molecule has 0 amide bonds. The van der Waals surface area contributed by atoms with Crippen molar-refractivity contribution in [3.8, 4) is 16.9 Å². The average Bonchev–Trinajstić information content (AvgIpc) is 3.03. The van der Waals surface area contributed by atoms with Crippen LogP contribution in [0.5, 0.6) is 5.75 Å². The van der Waals surface area contributed by atoms with Gasteiger partial charge in [-0.3, -0.25) is 4.72 Å². The van der Waals surface area contributed by atoms with Gasteiger partial charge in [-0.05, 0) is 68.3 Å². The number of hydrogen-bond donors (Lipinski definition) is 1. The van der Waals surface area contributed by atoms with E-state index in [9.17, 15) is 8.42 Å². The number of aromatic nitrogens is 1. The third kappa shape index (κ3) is 4.13. The molecule has 31 heavy (non-hydrogen) atoms. The Morgan fingerprint density at radius 3 is 2.52 bits per heavy atom. The lowest BCUT2D eigenvalue weighted by Gasteiger charge is -2.13. The molecular formula is C23H21ClN2O3S2. The van der Waals surface area contributed by atoms with Crippen molar-refractivity contribution in [1.29, 1.82) is 0 Å². The van der Waals surface area contributed by atoms with E-state index in [1.165, 1.54) is 12.1 Å². The first-order chi connectivity index (χ1) is 14.7. The Balaban J connectivity index is 1.91. The van der Waals surface area contributed by atoms with Crippen molar-refractivity contribution in [2.45, 2.75) is 25.7 Å². The van der Waals surface area contributed by atoms with Crippen LogP contribution in [-0.2, 0) is 10.0 Å². The van der Waals surface area contributed by atoms with E-state index in [0.29, 0.717) is 10.7 Å². The minimum Gasteiger partial charge on any atom is -0.496 e. The number of halogens is 1. The number of sulfonamides is 1. The number of nitrogens with one attached hydrogen (secondary N) is 1. The predicted molar refractivity (Wildman–Crippen MR) is 128 cm³/mol. The Hall–Kier alpha value is -2.61. The van der Waals surface area contributed by atoms with E-state index in [-0.39, 0.29) is 4.90 Å². The van der Waals surface area contributed by atoms with Crippen LogP contribution in [0.4, 0.5) is 5.69 Å². The number of anilines is 1. The standard InChI is InChI=1S/C23H21ClN2O3S2/c1-13-10-16(8-9-20(13)29-4)21-15(3)30-23-22(21)19(11-14(2)25-23)26-31(27,28)18-7-5-6-17(24)12-18/h5-12H,1-4H3,(H,25,26). The molecule has 160 valence electrons. The SMILES string of the molecule is COc1ccc(-c2c(C)sc3nc(C)cc(NS(=O)(=O)c4cccc(Cl)c4)c23)cc1C. The number of nitrogens with zero attached hydrogens (tertiary/aromatic N) is 1. The lowest BCUT2D eigenvalue weighted by atomic mass is 10.00. The van der Waals surface area contributed by atoms with E-state index < -0.39 is 10.0 Å². The number of hydrogen-bond acceptors (Lipinski definition) is 5. The van der Waals surface area contributed by atoms with Crippen LogP contribution in [0.2, 0.25) is 5.02 Å². The molecule has 4 aromatic rings. The summed E-state index contributed by atoms with van der Waals surface area (Å²) in [7, 11) is -2.19. The molecule has 0 unspecified atom stereocenters. The molecule has 0 saturated carbocycles. The van der Waals surface area contributed by atoms with Crippen molar-refractivity contribution in [3.05, 3.63) is 69.7 Å². The highest BCUT2D eigenvalue weighted by Gasteiger charge is 2.21. The average molecular weight is 473 g/mol. The summed E-state index contributed by atoms with van der Waals surface area (Å²) in [4.78, 5) is 6.60. The normalized spacial score (nSPS) is 11.6. The van der Waals surface area contributed by atoms with Gasteiger partial charge in [0.05, 0.1) is 17.7 Å². The predicted octanol–water partition coefficient (Wildman–Crippen LogP) is 6.35. The number of methoxy groups -OCH3 is 1. The van der Waals surface area contributed by atoms with E-state index in [1.807, 2.05) is 39.0 Å². The molecule has 4 rings (SSSR count). The first kappa shape index (κ1) is 21.6. The summed E-state index contributed by atoms with van der Waals surface area (Å²) in [6.45, 7) is 5.85. The zero-order chi connectivity index (χ0) is 22.3. The summed E-state index contributed by atoms with van der Waals surface area (Å²) in [5.41, 5.74) is 4.17. The van der Waals surface area contributed by atoms with Gasteiger partial charge in [0.15, 0.2) is 0 Å². The quantitative estimate of drug-likeness (QED) is 0.367. The first-order valence-corrected chi connectivity index (χ1v) is 12.2. The van der Waals surface area contributed by atoms with E-state index in [0.717, 1.165) is 43.2 Å². The topological polar surface area (TPSA) is 68.3 Å². The molecule has 0 aliphatic carbocycles. The molecule has 2 aromatic carbocycles. The largest absolute Gasteiger partial charge is 0.496 e. The van der Waals surface area contributed by atoms with Crippen molar-refractivity contribution in [1.82, 2.24) is 4.98 Å². The molecular weight excluding hydrogens is 452 g/mol. The molecule has 2 heterocycles. The highest BCUT2D eigenvalue weighted by atomic mass is 35.5. The number of fused-ring (bicyclic) bond motifs is 1. The summed E-state index contributed by atoms with van der Waals surface area (Å²) in [5, 5.41) is 1.14. The summed E-state index contributed by atoms with van der Waals surface area (Å²) < 4.78 is 34.3. The molecule has 0 atom stereocenters. The molecule has 0 aliphatic heterocycles. The lowest BCUT2D eigenvalue weighted by Crippen LogP contribution is -2.13. The van der Waals surface area contributed by atoms with Crippen LogP contribution < -0.4 is 9.46 Å². The number of pyridine rings is 1. The van der Waals surface area contributed by atoms with Crippen molar-refractivity contribution in [2.75, 3.05) is 11.8 Å². The van der Waals surface area contributed by atoms with E-state index in [2.05, 4.69) is 9.71 Å². The van der Waals surface area contributed by atoms with Crippen molar-refractivity contribution >= 4 is 48.9 Å². The zero-order valence-corrected chi connectivity index (χ0v) is 19.9. The van der Waals surface area contributed by atoms with Crippen LogP contribution in [0.25, 0.3) is 21.3 Å². The van der Waals surface area contributed by atoms with Gasteiger partial charge in [-0.15, -0.1) is 11.3 Å². The molecule has 0 aliphatic rings. The molecule has 8 heteroatoms. The summed E-state index contributed by atoms with van der Waals surface area (Å²) in [6.07, 6.45) is 0. The minimum atomic E-state index is -3.83. The van der Waals surface area contributed by atoms with Crippen LogP contribution in [0, 0.1) is 20.8 Å². The van der Waals surface area contributed by atoms with Gasteiger partial charge in [0, 0.05) is 26.5 Å². The summed E-state index contributed by atoms with van der Waals surface area (Å²) in [6, 6.07) is 13.9. The van der Waals surface area contributed by atoms with Gasteiger partial charge in [-0.25, -0.2) is 13.4 Å². The van der Waals surface area contributed by atoms with Crippen LogP contribution >= 0.6 is 22.9 Å². The van der Waals surface area contributed by atoms with Crippen LogP contribution in [-0.4, -0.2) is 20.5 Å². The van der Waals surface area contributed by atoms with Gasteiger partial charge in [0.1, 0.15) is 10.6 Å². The molecule has 2 aromatic heterocycles. The third-order valence-corrected chi connectivity index (χ3v) is 7.60. The van der Waals surface area contributed by atoms with Gasteiger partial charge in [0.25, 0.3) is 10.0 Å². The maximum Gasteiger partial charge on any atom is 0.261 e. The van der Waals surface area contributed by atoms with Crippen LogP contribution in [0.3, 0.4) is 0 Å². The molecule has 5 nitrogen and oxygen atoms in total. The second kappa shape index (κ2) is 8.15. The Labute approximate surface area is 190 Å². The second-order valence-electron chi connectivity index (χ2n) is 7.27. The Bertz CT molecular complexity index is 1410. The van der Waals surface area contributed by atoms with Gasteiger partial charge in [-0.1, -0.05) is 23.7 Å². The molecule has 0 spiro atoms. The van der Waals surface area contributed by atoms with Crippen molar-refractivity contribution in [2.24, 2.45) is 0 Å². The molecule has 0 fully saturated rings. The van der Waals surface area contributed by atoms with Crippen molar-refractivity contribution < 1.29 is 13.2 Å². The fourth-order valence-corrected chi connectivity index (χ4v) is 6.11. The second-order valence-corrected chi connectivity index (χ2v) is 10.6. The number of aryl methyl sites for hydroxylation is 3. The Morgan fingerprint density at radius 1 is 1.06 bits per heavy atom. The minimum absolute atomic E-state index is 0.108. The lowest BCUT2D eigenvalue weighted by molar-refractivity contribution is 0.412. The van der Waals surface area contributed by atoms with Crippen LogP contribution in [0.1, 0.15) is 16.1 Å². The van der Waals surface area contributed by atoms with Gasteiger partial charge < -0.3 is 4.74 Å². The maximum absolute atomic E-state index is 13.1. The maximum atomic E-state index is 13.1. The smallest absolute Gasteiger partial charge is 0.261 e. The van der Waals surface area contributed by atoms with Gasteiger partial charge in [0.2, 0.25) is 0 Å². The summed E-state index contributed by atoms with van der Waals surface area (Å²) >= 11 is 7.56. The third-order valence-electron chi connectivity index (χ3n) is 5.00. The summed E-state index contributed by atoms with van der Waals surface area (Å²) in [5.74, 6) is 0.803. The number of benzene rings is 2. The monoisotopic (exact) mass is 472 g/mol. The highest BCUT2D eigenvalue weighted by Crippen LogP contribution is 2.43. The fraction of sp³-hybridized carbons (Fsp3) is 0.174. The molecule has 0 bridgehead atoms. The number of rotatable bonds is 5. The number of thiophene rings is 1. The van der Waals surface area contributed by atoms with E-state index in [1.54, 1.807) is 36.6 Å². The van der Waals surface area contributed by atoms with Crippen LogP contribution in [0.15, 0.2) is 53.4 Å². The molecule has 0 radical (unpaired) electrons. The fourth-order valence-electron chi connectivity index (χ4n) is 3.63. The van der Waals surface area contributed by atoms with Gasteiger partial charge >= 0.3 is 0 Å². The molecule has 0 saturated heterocycles. The van der Waals surface area contributed by atoms with E-state index >= 15 is 0 Å².